The maximum Gasteiger partial charge on any atom is 0.154 e. The second-order valence-corrected chi connectivity index (χ2v) is 8.54. The molecule has 0 aromatic carbocycles. The highest BCUT2D eigenvalue weighted by molar-refractivity contribution is 7.16. The molecule has 4 aromatic rings. The molecule has 1 aliphatic rings. The zero-order valence-electron chi connectivity index (χ0n) is 17.4. The van der Waals surface area contributed by atoms with Crippen molar-refractivity contribution in [3.63, 3.8) is 0 Å². The summed E-state index contributed by atoms with van der Waals surface area (Å²) in [6, 6.07) is 6.20. The molecule has 0 amide bonds. The molecule has 0 saturated carbocycles. The van der Waals surface area contributed by atoms with Gasteiger partial charge >= 0.3 is 0 Å². The molecule has 5 heterocycles. The summed E-state index contributed by atoms with van der Waals surface area (Å²) in [5.74, 6) is 0.977. The highest BCUT2D eigenvalue weighted by atomic mass is 32.1. The Kier molecular flexibility index (Phi) is 5.38. The topological polar surface area (TPSA) is 132 Å². The Balaban J connectivity index is 1.45. The summed E-state index contributed by atoms with van der Waals surface area (Å²) in [6.07, 6.45) is 6.80. The van der Waals surface area contributed by atoms with Crippen molar-refractivity contribution in [3.05, 3.63) is 54.6 Å². The van der Waals surface area contributed by atoms with Crippen molar-refractivity contribution >= 4 is 44.6 Å². The largest absolute Gasteiger partial charge is 0.382 e. The lowest BCUT2D eigenvalue weighted by Gasteiger charge is -2.33. The summed E-state index contributed by atoms with van der Waals surface area (Å²) in [7, 11) is 0. The number of nitrogen functional groups attached to an aromatic ring is 1. The Labute approximate surface area is 189 Å². The third-order valence-corrected chi connectivity index (χ3v) is 6.35. The van der Waals surface area contributed by atoms with Crippen molar-refractivity contribution < 1.29 is 0 Å². The number of rotatable bonds is 5. The summed E-state index contributed by atoms with van der Waals surface area (Å²) >= 11 is 1.55. The monoisotopic (exact) mass is 445 g/mol. The fourth-order valence-corrected chi connectivity index (χ4v) is 4.55. The van der Waals surface area contributed by atoms with Gasteiger partial charge < -0.3 is 21.7 Å². The Morgan fingerprint density at radius 1 is 1.16 bits per heavy atom. The SMILES string of the molecule is C=C(Nc1ncccc1N1CCC(N)CC1)c1nc(-c2ncnc3sccc23)cnc1N. The van der Waals surface area contributed by atoms with Gasteiger partial charge in [0, 0.05) is 30.7 Å². The summed E-state index contributed by atoms with van der Waals surface area (Å²) in [5, 5.41) is 6.20. The fraction of sp³-hybridized carbons (Fsp3) is 0.227. The van der Waals surface area contributed by atoms with E-state index in [9.17, 15) is 0 Å². The fourth-order valence-electron chi connectivity index (χ4n) is 3.82. The summed E-state index contributed by atoms with van der Waals surface area (Å²) in [6.45, 7) is 5.93. The molecular formula is C22H23N9S. The Morgan fingerprint density at radius 3 is 2.84 bits per heavy atom. The van der Waals surface area contributed by atoms with Gasteiger partial charge in [-0.1, -0.05) is 6.58 Å². The van der Waals surface area contributed by atoms with Crippen molar-refractivity contribution in [3.8, 4) is 11.4 Å². The van der Waals surface area contributed by atoms with Crippen molar-refractivity contribution in [1.82, 2.24) is 24.9 Å². The van der Waals surface area contributed by atoms with Crippen LogP contribution in [0.15, 0.2) is 48.9 Å². The minimum Gasteiger partial charge on any atom is -0.382 e. The van der Waals surface area contributed by atoms with Crippen molar-refractivity contribution in [1.29, 1.82) is 0 Å². The second-order valence-electron chi connectivity index (χ2n) is 7.65. The number of nitrogens with one attached hydrogen (secondary N) is 1. The quantitative estimate of drug-likeness (QED) is 0.424. The molecule has 1 saturated heterocycles. The van der Waals surface area contributed by atoms with Gasteiger partial charge in [0.1, 0.15) is 28.2 Å². The third kappa shape index (κ3) is 3.85. The first-order valence-electron chi connectivity index (χ1n) is 10.3. The lowest BCUT2D eigenvalue weighted by molar-refractivity contribution is 0.501. The molecule has 0 radical (unpaired) electrons. The summed E-state index contributed by atoms with van der Waals surface area (Å²) < 4.78 is 0. The van der Waals surface area contributed by atoms with Gasteiger partial charge in [-0.15, -0.1) is 11.3 Å². The molecule has 162 valence electrons. The van der Waals surface area contributed by atoms with Crippen LogP contribution in [0, 0.1) is 0 Å². The number of piperidine rings is 1. The number of pyridine rings is 1. The van der Waals surface area contributed by atoms with Crippen LogP contribution in [0.1, 0.15) is 18.5 Å². The van der Waals surface area contributed by atoms with E-state index in [1.165, 1.54) is 6.33 Å². The van der Waals surface area contributed by atoms with E-state index in [4.69, 9.17) is 16.5 Å². The van der Waals surface area contributed by atoms with Gasteiger partial charge in [0.2, 0.25) is 0 Å². The smallest absolute Gasteiger partial charge is 0.154 e. The number of aromatic nitrogens is 5. The molecule has 0 unspecified atom stereocenters. The molecule has 10 heteroatoms. The average Bonchev–Trinajstić information content (AvgIpc) is 3.29. The van der Waals surface area contributed by atoms with Crippen LogP contribution in [0.5, 0.6) is 0 Å². The second kappa shape index (κ2) is 8.48. The first kappa shape index (κ1) is 20.3. The molecule has 0 aliphatic carbocycles. The third-order valence-electron chi connectivity index (χ3n) is 5.53. The predicted octanol–water partition coefficient (Wildman–Crippen LogP) is 3.14. The van der Waals surface area contributed by atoms with Gasteiger partial charge in [-0.05, 0) is 36.4 Å². The maximum absolute atomic E-state index is 6.16. The van der Waals surface area contributed by atoms with E-state index in [1.54, 1.807) is 23.7 Å². The average molecular weight is 446 g/mol. The minimum atomic E-state index is 0.253. The zero-order valence-corrected chi connectivity index (χ0v) is 18.2. The van der Waals surface area contributed by atoms with Crippen LogP contribution in [0.2, 0.25) is 0 Å². The van der Waals surface area contributed by atoms with Gasteiger partial charge in [0.05, 0.1) is 17.6 Å². The van der Waals surface area contributed by atoms with E-state index in [-0.39, 0.29) is 11.9 Å². The van der Waals surface area contributed by atoms with Gasteiger partial charge in [-0.3, -0.25) is 0 Å². The maximum atomic E-state index is 6.16. The molecule has 4 aromatic heterocycles. The van der Waals surface area contributed by atoms with E-state index < -0.39 is 0 Å². The van der Waals surface area contributed by atoms with E-state index in [1.807, 2.05) is 23.6 Å². The summed E-state index contributed by atoms with van der Waals surface area (Å²) in [4.78, 5) is 25.5. The van der Waals surface area contributed by atoms with Crippen molar-refractivity contribution in [2.24, 2.45) is 5.73 Å². The van der Waals surface area contributed by atoms with Crippen LogP contribution < -0.4 is 21.7 Å². The van der Waals surface area contributed by atoms with Crippen LogP contribution in [-0.2, 0) is 0 Å². The molecule has 9 nitrogen and oxygen atoms in total. The molecule has 5 N–H and O–H groups in total. The van der Waals surface area contributed by atoms with Gasteiger partial charge in [0.25, 0.3) is 0 Å². The molecule has 32 heavy (non-hydrogen) atoms. The number of anilines is 3. The normalized spacial score (nSPS) is 14.6. The molecule has 1 aliphatic heterocycles. The molecule has 1 fully saturated rings. The highest BCUT2D eigenvalue weighted by Gasteiger charge is 2.20. The Hall–Kier alpha value is -3.63. The summed E-state index contributed by atoms with van der Waals surface area (Å²) in [5.41, 5.74) is 15.5. The highest BCUT2D eigenvalue weighted by Crippen LogP contribution is 2.31. The van der Waals surface area contributed by atoms with Gasteiger partial charge in [-0.2, -0.15) is 0 Å². The first-order valence-corrected chi connectivity index (χ1v) is 11.2. The van der Waals surface area contributed by atoms with Crippen molar-refractivity contribution in [2.75, 3.05) is 29.0 Å². The van der Waals surface area contributed by atoms with Crippen LogP contribution >= 0.6 is 11.3 Å². The van der Waals surface area contributed by atoms with E-state index >= 15 is 0 Å². The number of nitrogens with zero attached hydrogens (tertiary/aromatic N) is 6. The number of nitrogens with two attached hydrogens (primary N) is 2. The zero-order chi connectivity index (χ0) is 22.1. The Morgan fingerprint density at radius 2 is 2.00 bits per heavy atom. The van der Waals surface area contributed by atoms with E-state index in [2.05, 4.69) is 36.7 Å². The predicted molar refractivity (Wildman–Crippen MR) is 129 cm³/mol. The van der Waals surface area contributed by atoms with Crippen LogP contribution in [-0.4, -0.2) is 44.1 Å². The molecule has 5 rings (SSSR count). The molecular weight excluding hydrogens is 422 g/mol. The van der Waals surface area contributed by atoms with Crippen LogP contribution in [0.25, 0.3) is 27.3 Å². The van der Waals surface area contributed by atoms with Gasteiger partial charge in [-0.25, -0.2) is 24.9 Å². The number of hydrogen-bond acceptors (Lipinski definition) is 10. The number of fused-ring (bicyclic) bond motifs is 1. The van der Waals surface area contributed by atoms with Gasteiger partial charge in [0.15, 0.2) is 11.6 Å². The standard InChI is InChI=1S/C22H23N9S/c1-13(29-21-17(3-2-7-25-21)31-8-4-14(23)5-9-31)18-20(24)26-11-16(30-18)19-15-6-10-32-22(15)28-12-27-19/h2-3,6-7,10-12,14H,1,4-5,8-9,23H2,(H2,24,26)(H,25,29). The number of thiophene rings is 1. The van der Waals surface area contributed by atoms with E-state index in [0.717, 1.165) is 41.8 Å². The molecule has 0 spiro atoms. The van der Waals surface area contributed by atoms with Crippen molar-refractivity contribution in [2.45, 2.75) is 18.9 Å². The minimum absolute atomic E-state index is 0.253. The van der Waals surface area contributed by atoms with E-state index in [0.29, 0.717) is 28.6 Å². The number of hydrogen-bond donors (Lipinski definition) is 3. The molecule has 0 atom stereocenters. The Bertz CT molecular complexity index is 1280. The lowest BCUT2D eigenvalue weighted by atomic mass is 10.1. The first-order chi connectivity index (χ1) is 15.6. The van der Waals surface area contributed by atoms with Crippen LogP contribution in [0.3, 0.4) is 0 Å². The van der Waals surface area contributed by atoms with Crippen LogP contribution in [0.4, 0.5) is 17.3 Å². The molecule has 0 bridgehead atoms. The lowest BCUT2D eigenvalue weighted by Crippen LogP contribution is -2.40.